The van der Waals surface area contributed by atoms with Gasteiger partial charge in [0.25, 0.3) is 0 Å². The molecular weight excluding hydrogens is 334 g/mol. The molecule has 138 valence electrons. The van der Waals surface area contributed by atoms with Crippen molar-refractivity contribution in [2.24, 2.45) is 35.5 Å². The molecule has 0 N–H and O–H groups in total. The van der Waals surface area contributed by atoms with E-state index < -0.39 is 16.5 Å². The van der Waals surface area contributed by atoms with Gasteiger partial charge in [0.1, 0.15) is 5.60 Å². The number of benzene rings is 1. The van der Waals surface area contributed by atoms with Crippen LogP contribution in [0.2, 0.25) is 0 Å². The summed E-state index contributed by atoms with van der Waals surface area (Å²) < 4.78 is 6.26. The SMILES string of the molecule is CC1(Oc2cc(C(=O)[O-])ccc2[N+](=O)[O-])CC2CC1C1C3CCC(C3)C21. The zero-order valence-electron chi connectivity index (χ0n) is 14.7. The number of fused-ring (bicyclic) bond motifs is 9. The number of hydrogen-bond acceptors (Lipinski definition) is 5. The van der Waals surface area contributed by atoms with Crippen LogP contribution in [0.25, 0.3) is 0 Å². The molecule has 4 saturated carbocycles. The Hall–Kier alpha value is -2.11. The van der Waals surface area contributed by atoms with E-state index >= 15 is 0 Å². The lowest BCUT2D eigenvalue weighted by Crippen LogP contribution is -2.46. The van der Waals surface area contributed by atoms with Gasteiger partial charge in [-0.05, 0) is 80.8 Å². The topological polar surface area (TPSA) is 92.5 Å². The van der Waals surface area contributed by atoms with Gasteiger partial charge in [-0.2, -0.15) is 0 Å². The van der Waals surface area contributed by atoms with E-state index in [2.05, 4.69) is 6.92 Å². The molecule has 4 aliphatic carbocycles. The first-order valence-electron chi connectivity index (χ1n) is 9.56. The van der Waals surface area contributed by atoms with Gasteiger partial charge < -0.3 is 14.6 Å². The number of nitrogens with zero attached hydrogens (tertiary/aromatic N) is 1. The van der Waals surface area contributed by atoms with Crippen LogP contribution in [0.4, 0.5) is 5.69 Å². The standard InChI is InChI=1S/C20H23NO5/c1-20(26-16-8-12(19(22)23)4-5-15(16)21(24)25)9-13-7-14(20)18-11-3-2-10(6-11)17(13)18/h4-5,8,10-11,13-14,17-18H,2-3,6-7,9H2,1H3,(H,22,23)/p-1. The second-order valence-electron chi connectivity index (χ2n) is 8.94. The Morgan fingerprint density at radius 2 is 1.92 bits per heavy atom. The molecule has 6 heteroatoms. The van der Waals surface area contributed by atoms with Crippen LogP contribution in [-0.2, 0) is 0 Å². The first-order chi connectivity index (χ1) is 12.4. The van der Waals surface area contributed by atoms with E-state index in [1.54, 1.807) is 0 Å². The molecule has 4 fully saturated rings. The number of carbonyl (C=O) groups excluding carboxylic acids is 1. The molecule has 0 saturated heterocycles. The molecule has 26 heavy (non-hydrogen) atoms. The van der Waals surface area contributed by atoms with Crippen LogP contribution in [0.5, 0.6) is 5.75 Å². The van der Waals surface area contributed by atoms with Gasteiger partial charge in [-0.25, -0.2) is 0 Å². The highest BCUT2D eigenvalue weighted by Gasteiger charge is 2.66. The minimum atomic E-state index is -1.35. The number of hydrogen-bond donors (Lipinski definition) is 0. The number of carbonyl (C=O) groups is 1. The van der Waals surface area contributed by atoms with Gasteiger partial charge in [-0.1, -0.05) is 0 Å². The lowest BCUT2D eigenvalue weighted by Gasteiger charge is -2.44. The summed E-state index contributed by atoms with van der Waals surface area (Å²) in [6.07, 6.45) is 6.08. The molecule has 0 spiro atoms. The molecule has 0 radical (unpaired) electrons. The van der Waals surface area contributed by atoms with E-state index in [1.807, 2.05) is 0 Å². The van der Waals surface area contributed by atoms with Crippen molar-refractivity contribution in [3.8, 4) is 5.75 Å². The van der Waals surface area contributed by atoms with Crippen LogP contribution in [0.3, 0.4) is 0 Å². The van der Waals surface area contributed by atoms with Crippen molar-refractivity contribution in [3.63, 3.8) is 0 Å². The molecule has 4 bridgehead atoms. The van der Waals surface area contributed by atoms with Gasteiger partial charge in [-0.3, -0.25) is 10.1 Å². The number of rotatable bonds is 4. The molecule has 0 aromatic heterocycles. The van der Waals surface area contributed by atoms with Crippen molar-refractivity contribution < 1.29 is 19.6 Å². The van der Waals surface area contributed by atoms with Crippen molar-refractivity contribution in [1.82, 2.24) is 0 Å². The minimum Gasteiger partial charge on any atom is -0.545 e. The van der Waals surface area contributed by atoms with Crippen LogP contribution in [0.15, 0.2) is 18.2 Å². The third-order valence-electron chi connectivity index (χ3n) is 7.80. The van der Waals surface area contributed by atoms with Crippen LogP contribution in [0.1, 0.15) is 49.4 Å². The molecular formula is C20H22NO5-. The quantitative estimate of drug-likeness (QED) is 0.470. The molecule has 6 nitrogen and oxygen atoms in total. The van der Waals surface area contributed by atoms with Gasteiger partial charge >= 0.3 is 5.69 Å². The second-order valence-corrected chi connectivity index (χ2v) is 8.94. The Balaban J connectivity index is 1.48. The maximum absolute atomic E-state index is 11.4. The molecule has 5 rings (SSSR count). The largest absolute Gasteiger partial charge is 0.545 e. The lowest BCUT2D eigenvalue weighted by atomic mass is 9.66. The van der Waals surface area contributed by atoms with E-state index in [1.165, 1.54) is 37.5 Å². The molecule has 1 aromatic rings. The Kier molecular flexibility index (Phi) is 3.22. The minimum absolute atomic E-state index is 0.0615. The average molecular weight is 356 g/mol. The van der Waals surface area contributed by atoms with E-state index in [9.17, 15) is 20.0 Å². The molecule has 7 unspecified atom stereocenters. The average Bonchev–Trinajstić information content (AvgIpc) is 3.32. The Labute approximate surface area is 151 Å². The molecule has 4 aliphatic rings. The summed E-state index contributed by atoms with van der Waals surface area (Å²) in [6.45, 7) is 2.06. The molecule has 0 aliphatic heterocycles. The summed E-state index contributed by atoms with van der Waals surface area (Å²) in [5.41, 5.74) is -0.718. The van der Waals surface area contributed by atoms with Crippen LogP contribution >= 0.6 is 0 Å². The van der Waals surface area contributed by atoms with Crippen LogP contribution < -0.4 is 9.84 Å². The highest BCUT2D eigenvalue weighted by atomic mass is 16.6. The van der Waals surface area contributed by atoms with Crippen LogP contribution in [0, 0.1) is 45.6 Å². The normalized spacial score (nSPS) is 42.0. The zero-order chi connectivity index (χ0) is 18.2. The van der Waals surface area contributed by atoms with Gasteiger partial charge in [0.2, 0.25) is 0 Å². The predicted molar refractivity (Wildman–Crippen MR) is 90.5 cm³/mol. The predicted octanol–water partition coefficient (Wildman–Crippen LogP) is 2.80. The van der Waals surface area contributed by atoms with E-state index in [0.717, 1.165) is 30.6 Å². The van der Waals surface area contributed by atoms with Gasteiger partial charge in [-0.15, -0.1) is 0 Å². The van der Waals surface area contributed by atoms with E-state index in [-0.39, 0.29) is 17.0 Å². The fourth-order valence-corrected chi connectivity index (χ4v) is 7.11. The van der Waals surface area contributed by atoms with Crippen molar-refractivity contribution in [3.05, 3.63) is 33.9 Å². The van der Waals surface area contributed by atoms with Gasteiger partial charge in [0.15, 0.2) is 5.75 Å². The molecule has 0 heterocycles. The number of carboxylic acids is 1. The Bertz CT molecular complexity index is 807. The van der Waals surface area contributed by atoms with Gasteiger partial charge in [0, 0.05) is 17.5 Å². The highest BCUT2D eigenvalue weighted by Crippen LogP contribution is 2.70. The van der Waals surface area contributed by atoms with Crippen molar-refractivity contribution >= 4 is 11.7 Å². The number of aromatic carboxylic acids is 1. The summed E-state index contributed by atoms with van der Waals surface area (Å²) in [4.78, 5) is 22.1. The highest BCUT2D eigenvalue weighted by molar-refractivity contribution is 5.87. The number of carboxylic acid groups (broad SMARTS) is 1. The van der Waals surface area contributed by atoms with Gasteiger partial charge in [0.05, 0.1) is 10.9 Å². The Morgan fingerprint density at radius 3 is 2.62 bits per heavy atom. The van der Waals surface area contributed by atoms with E-state index in [0.29, 0.717) is 17.8 Å². The number of ether oxygens (including phenoxy) is 1. The maximum Gasteiger partial charge on any atom is 0.310 e. The number of nitro groups is 1. The van der Waals surface area contributed by atoms with Crippen molar-refractivity contribution in [1.29, 1.82) is 0 Å². The van der Waals surface area contributed by atoms with Crippen molar-refractivity contribution in [2.75, 3.05) is 0 Å². The first-order valence-corrected chi connectivity index (χ1v) is 9.56. The monoisotopic (exact) mass is 356 g/mol. The van der Waals surface area contributed by atoms with Crippen LogP contribution in [-0.4, -0.2) is 16.5 Å². The third-order valence-corrected chi connectivity index (χ3v) is 7.80. The molecule has 0 amide bonds. The summed E-state index contributed by atoms with van der Waals surface area (Å²) >= 11 is 0. The maximum atomic E-state index is 11.4. The fourth-order valence-electron chi connectivity index (χ4n) is 7.11. The number of nitro benzene ring substituents is 1. The summed E-state index contributed by atoms with van der Waals surface area (Å²) in [7, 11) is 0. The summed E-state index contributed by atoms with van der Waals surface area (Å²) in [5.74, 6) is 2.93. The fraction of sp³-hybridized carbons (Fsp3) is 0.650. The summed E-state index contributed by atoms with van der Waals surface area (Å²) in [5, 5.41) is 22.6. The van der Waals surface area contributed by atoms with E-state index in [4.69, 9.17) is 4.74 Å². The third kappa shape index (κ3) is 2.07. The first kappa shape index (κ1) is 16.1. The summed E-state index contributed by atoms with van der Waals surface area (Å²) in [6, 6.07) is 3.66. The second kappa shape index (κ2) is 5.21. The molecule has 7 atom stereocenters. The smallest absolute Gasteiger partial charge is 0.310 e. The Morgan fingerprint density at radius 1 is 1.19 bits per heavy atom. The molecule has 1 aromatic carbocycles. The van der Waals surface area contributed by atoms with Crippen molar-refractivity contribution in [2.45, 2.75) is 44.6 Å². The lowest BCUT2D eigenvalue weighted by molar-refractivity contribution is -0.386. The zero-order valence-corrected chi connectivity index (χ0v) is 14.7.